The molecule has 0 aliphatic rings. The molecule has 1 N–H and O–H groups in total. The molecule has 0 spiro atoms. The van der Waals surface area contributed by atoms with Crippen molar-refractivity contribution in [2.45, 2.75) is 26.6 Å². The predicted molar refractivity (Wildman–Crippen MR) is 96.0 cm³/mol. The third kappa shape index (κ3) is 4.27. The maximum atomic E-state index is 12.5. The van der Waals surface area contributed by atoms with Gasteiger partial charge in [-0.25, -0.2) is 10.1 Å². The monoisotopic (exact) mass is 390 g/mol. The SMILES string of the molecule is Cc1nn(-c2ccccc2)c(C)c1/C=N/NC(=O)Cn1ccc(C(F)(F)F)n1. The van der Waals surface area contributed by atoms with E-state index in [4.69, 9.17) is 0 Å². The maximum Gasteiger partial charge on any atom is 0.435 e. The van der Waals surface area contributed by atoms with Gasteiger partial charge in [0.1, 0.15) is 6.54 Å². The number of nitrogens with zero attached hydrogens (tertiary/aromatic N) is 5. The van der Waals surface area contributed by atoms with Crippen molar-refractivity contribution in [3.63, 3.8) is 0 Å². The largest absolute Gasteiger partial charge is 0.435 e. The van der Waals surface area contributed by atoms with Gasteiger partial charge in [0, 0.05) is 11.8 Å². The summed E-state index contributed by atoms with van der Waals surface area (Å²) >= 11 is 0. The second-order valence-electron chi connectivity index (χ2n) is 6.02. The molecular formula is C18H17F3N6O. The number of rotatable bonds is 5. The van der Waals surface area contributed by atoms with Crippen molar-refractivity contribution in [1.82, 2.24) is 25.0 Å². The minimum atomic E-state index is -4.55. The van der Waals surface area contributed by atoms with Gasteiger partial charge in [-0.2, -0.15) is 28.5 Å². The molecule has 28 heavy (non-hydrogen) atoms. The van der Waals surface area contributed by atoms with Gasteiger partial charge in [0.05, 0.1) is 23.3 Å². The molecule has 0 radical (unpaired) electrons. The van der Waals surface area contributed by atoms with Crippen LogP contribution in [0.25, 0.3) is 5.69 Å². The van der Waals surface area contributed by atoms with Crippen molar-refractivity contribution in [3.05, 3.63) is 65.2 Å². The molecule has 0 unspecified atom stereocenters. The molecule has 3 rings (SSSR count). The van der Waals surface area contributed by atoms with Crippen LogP contribution in [0.2, 0.25) is 0 Å². The Balaban J connectivity index is 1.65. The highest BCUT2D eigenvalue weighted by molar-refractivity contribution is 5.84. The first-order valence-corrected chi connectivity index (χ1v) is 8.30. The molecule has 0 saturated heterocycles. The van der Waals surface area contributed by atoms with Gasteiger partial charge >= 0.3 is 6.18 Å². The number of hydrazone groups is 1. The van der Waals surface area contributed by atoms with Crippen LogP contribution < -0.4 is 5.43 Å². The first-order valence-electron chi connectivity index (χ1n) is 8.30. The summed E-state index contributed by atoms with van der Waals surface area (Å²) in [6, 6.07) is 10.4. The number of carbonyl (C=O) groups is 1. The fourth-order valence-corrected chi connectivity index (χ4v) is 2.61. The molecule has 3 aromatic rings. The van der Waals surface area contributed by atoms with Crippen molar-refractivity contribution in [2.24, 2.45) is 5.10 Å². The average molecular weight is 390 g/mol. The van der Waals surface area contributed by atoms with Crippen molar-refractivity contribution >= 4 is 12.1 Å². The van der Waals surface area contributed by atoms with Crippen LogP contribution in [0.4, 0.5) is 13.2 Å². The second kappa shape index (κ2) is 7.67. The lowest BCUT2D eigenvalue weighted by atomic mass is 10.2. The van der Waals surface area contributed by atoms with Gasteiger partial charge in [-0.05, 0) is 32.0 Å². The first-order chi connectivity index (χ1) is 13.3. The van der Waals surface area contributed by atoms with Crippen LogP contribution in [0.1, 0.15) is 22.6 Å². The van der Waals surface area contributed by atoms with E-state index < -0.39 is 17.8 Å². The molecule has 0 aliphatic carbocycles. The summed E-state index contributed by atoms with van der Waals surface area (Å²) < 4.78 is 40.2. The number of amides is 1. The molecule has 1 aromatic carbocycles. The van der Waals surface area contributed by atoms with Crippen LogP contribution in [-0.2, 0) is 17.5 Å². The van der Waals surface area contributed by atoms with E-state index in [0.717, 1.165) is 39.6 Å². The molecule has 0 atom stereocenters. The van der Waals surface area contributed by atoms with Crippen LogP contribution in [0.3, 0.4) is 0 Å². The fraction of sp³-hybridized carbons (Fsp3) is 0.222. The predicted octanol–water partition coefficient (Wildman–Crippen LogP) is 2.85. The maximum absolute atomic E-state index is 12.5. The molecule has 146 valence electrons. The van der Waals surface area contributed by atoms with E-state index in [0.29, 0.717) is 0 Å². The standard InChI is InChI=1S/C18H17F3N6O/c1-12-15(13(2)27(24-12)14-6-4-3-5-7-14)10-22-23-17(28)11-26-9-8-16(25-26)18(19,20)21/h3-10H,11H2,1-2H3,(H,23,28)/b22-10+. The number of aryl methyl sites for hydroxylation is 1. The van der Waals surface area contributed by atoms with E-state index in [-0.39, 0.29) is 6.54 Å². The van der Waals surface area contributed by atoms with Crippen LogP contribution in [-0.4, -0.2) is 31.7 Å². The van der Waals surface area contributed by atoms with Gasteiger partial charge in [-0.15, -0.1) is 0 Å². The lowest BCUT2D eigenvalue weighted by Crippen LogP contribution is -2.24. The molecule has 0 aliphatic heterocycles. The topological polar surface area (TPSA) is 77.1 Å². The number of hydrogen-bond acceptors (Lipinski definition) is 4. The van der Waals surface area contributed by atoms with E-state index in [9.17, 15) is 18.0 Å². The molecule has 0 saturated carbocycles. The molecule has 10 heteroatoms. The number of halogens is 3. The fourth-order valence-electron chi connectivity index (χ4n) is 2.61. The zero-order valence-electron chi connectivity index (χ0n) is 15.1. The Bertz CT molecular complexity index is 1000. The minimum absolute atomic E-state index is 0.380. The van der Waals surface area contributed by atoms with Crippen LogP contribution in [0.15, 0.2) is 47.7 Å². The first kappa shape index (κ1) is 19.3. The summed E-state index contributed by atoms with van der Waals surface area (Å²) in [4.78, 5) is 11.9. The Kier molecular flexibility index (Phi) is 5.30. The van der Waals surface area contributed by atoms with Crippen molar-refractivity contribution in [3.8, 4) is 5.69 Å². The minimum Gasteiger partial charge on any atom is -0.271 e. The van der Waals surface area contributed by atoms with Crippen LogP contribution in [0.5, 0.6) is 0 Å². The lowest BCUT2D eigenvalue weighted by Gasteiger charge is -2.04. The summed E-state index contributed by atoms with van der Waals surface area (Å²) in [6.45, 7) is 3.31. The summed E-state index contributed by atoms with van der Waals surface area (Å²) in [7, 11) is 0. The number of benzene rings is 1. The van der Waals surface area contributed by atoms with Crippen molar-refractivity contribution in [1.29, 1.82) is 0 Å². The number of alkyl halides is 3. The third-order valence-corrected chi connectivity index (χ3v) is 3.97. The molecular weight excluding hydrogens is 373 g/mol. The number of carbonyl (C=O) groups excluding carboxylic acids is 1. The summed E-state index contributed by atoms with van der Waals surface area (Å²) in [5.74, 6) is -0.598. The van der Waals surface area contributed by atoms with E-state index in [1.54, 1.807) is 4.68 Å². The quantitative estimate of drug-likeness (QED) is 0.538. The summed E-state index contributed by atoms with van der Waals surface area (Å²) in [5, 5.41) is 11.7. The van der Waals surface area contributed by atoms with Gasteiger partial charge in [0.2, 0.25) is 0 Å². The lowest BCUT2D eigenvalue weighted by molar-refractivity contribution is -0.141. The van der Waals surface area contributed by atoms with E-state index >= 15 is 0 Å². The molecule has 0 fully saturated rings. The number of para-hydroxylation sites is 1. The average Bonchev–Trinajstić information content (AvgIpc) is 3.22. The highest BCUT2D eigenvalue weighted by atomic mass is 19.4. The Morgan fingerprint density at radius 2 is 1.89 bits per heavy atom. The van der Waals surface area contributed by atoms with Gasteiger partial charge in [-0.3, -0.25) is 9.48 Å². The number of aromatic nitrogens is 4. The summed E-state index contributed by atoms with van der Waals surface area (Å²) in [6.07, 6.45) is -2.00. The molecule has 1 amide bonds. The van der Waals surface area contributed by atoms with Gasteiger partial charge < -0.3 is 0 Å². The van der Waals surface area contributed by atoms with Gasteiger partial charge in [0.15, 0.2) is 5.69 Å². The van der Waals surface area contributed by atoms with Crippen LogP contribution >= 0.6 is 0 Å². The zero-order valence-corrected chi connectivity index (χ0v) is 15.1. The molecule has 7 nitrogen and oxygen atoms in total. The highest BCUT2D eigenvalue weighted by Crippen LogP contribution is 2.27. The number of nitrogens with one attached hydrogen (secondary N) is 1. The van der Waals surface area contributed by atoms with Crippen molar-refractivity contribution in [2.75, 3.05) is 0 Å². The highest BCUT2D eigenvalue weighted by Gasteiger charge is 2.33. The Morgan fingerprint density at radius 1 is 1.18 bits per heavy atom. The molecule has 2 heterocycles. The van der Waals surface area contributed by atoms with Crippen molar-refractivity contribution < 1.29 is 18.0 Å². The smallest absolute Gasteiger partial charge is 0.271 e. The van der Waals surface area contributed by atoms with E-state index in [1.807, 2.05) is 44.2 Å². The zero-order chi connectivity index (χ0) is 20.3. The number of hydrogen-bond donors (Lipinski definition) is 1. The normalized spacial score (nSPS) is 11.9. The van der Waals surface area contributed by atoms with Gasteiger partial charge in [0.25, 0.3) is 5.91 Å². The third-order valence-electron chi connectivity index (χ3n) is 3.97. The Hall–Kier alpha value is -3.43. The summed E-state index contributed by atoms with van der Waals surface area (Å²) in [5.41, 5.74) is 4.42. The Labute approximate surface area is 158 Å². The Morgan fingerprint density at radius 3 is 2.54 bits per heavy atom. The van der Waals surface area contributed by atoms with Crippen LogP contribution in [0, 0.1) is 13.8 Å². The van der Waals surface area contributed by atoms with E-state index in [1.165, 1.54) is 6.21 Å². The molecule has 0 bridgehead atoms. The van der Waals surface area contributed by atoms with E-state index in [2.05, 4.69) is 20.7 Å². The van der Waals surface area contributed by atoms with Gasteiger partial charge in [-0.1, -0.05) is 18.2 Å². The second-order valence-corrected chi connectivity index (χ2v) is 6.02. The molecule has 2 aromatic heterocycles.